The molecule has 11 nitrogen and oxygen atoms in total. The highest BCUT2D eigenvalue weighted by atomic mass is 16.6. The van der Waals surface area contributed by atoms with E-state index < -0.39 is 18.2 Å². The SMILES string of the molecule is CCCCOC[C@@H](CCC#N)OC(=O)NCc1cccc(NC(=O)Nc2ccc(-c3cnco3)c(OC)c2)c1. The lowest BCUT2D eigenvalue weighted by Crippen LogP contribution is -2.31. The minimum Gasteiger partial charge on any atom is -0.496 e. The Labute approximate surface area is 227 Å². The van der Waals surface area contributed by atoms with E-state index in [0.29, 0.717) is 41.5 Å². The van der Waals surface area contributed by atoms with Crippen LogP contribution in [0.3, 0.4) is 0 Å². The van der Waals surface area contributed by atoms with Crippen molar-refractivity contribution in [3.8, 4) is 23.1 Å². The summed E-state index contributed by atoms with van der Waals surface area (Å²) in [5.74, 6) is 1.07. The van der Waals surface area contributed by atoms with Gasteiger partial charge in [0.15, 0.2) is 12.2 Å². The molecule has 0 aliphatic carbocycles. The van der Waals surface area contributed by atoms with Crippen molar-refractivity contribution >= 4 is 23.5 Å². The Morgan fingerprint density at radius 3 is 2.69 bits per heavy atom. The summed E-state index contributed by atoms with van der Waals surface area (Å²) in [5, 5.41) is 17.1. The van der Waals surface area contributed by atoms with E-state index in [1.54, 1.807) is 42.6 Å². The first-order chi connectivity index (χ1) is 19.0. The zero-order valence-corrected chi connectivity index (χ0v) is 22.1. The van der Waals surface area contributed by atoms with Crippen molar-refractivity contribution in [3.63, 3.8) is 0 Å². The van der Waals surface area contributed by atoms with Crippen molar-refractivity contribution in [1.82, 2.24) is 10.3 Å². The standard InChI is InChI=1S/C28H33N5O6/c1-3-4-13-37-18-23(9-6-12-29)39-28(35)31-16-20-7-5-8-21(14-20)32-27(34)33-22-10-11-24(25(15-22)36-2)26-17-30-19-38-26/h5,7-8,10-11,14-15,17,19,23H,3-4,6,9,13,16,18H2,1-2H3,(H,31,35)(H2,32,33,34)/t23-/m1/s1. The van der Waals surface area contributed by atoms with Gasteiger partial charge in [-0.25, -0.2) is 14.6 Å². The van der Waals surface area contributed by atoms with Crippen LogP contribution in [0.25, 0.3) is 11.3 Å². The maximum atomic E-state index is 12.6. The van der Waals surface area contributed by atoms with Crippen LogP contribution >= 0.6 is 0 Å². The second-order valence-electron chi connectivity index (χ2n) is 8.57. The second kappa shape index (κ2) is 15.6. The number of nitrogens with zero attached hydrogens (tertiary/aromatic N) is 2. The average Bonchev–Trinajstić information content (AvgIpc) is 3.47. The molecule has 1 aromatic heterocycles. The van der Waals surface area contributed by atoms with Gasteiger partial charge in [0.2, 0.25) is 0 Å². The maximum Gasteiger partial charge on any atom is 0.407 e. The van der Waals surface area contributed by atoms with Crippen molar-refractivity contribution in [2.75, 3.05) is 31.0 Å². The smallest absolute Gasteiger partial charge is 0.407 e. The highest BCUT2D eigenvalue weighted by Gasteiger charge is 2.15. The molecule has 0 saturated heterocycles. The molecule has 39 heavy (non-hydrogen) atoms. The molecule has 0 radical (unpaired) electrons. The molecule has 0 unspecified atom stereocenters. The van der Waals surface area contributed by atoms with Crippen LogP contribution in [-0.4, -0.2) is 43.5 Å². The molecule has 0 bridgehead atoms. The van der Waals surface area contributed by atoms with Gasteiger partial charge in [-0.15, -0.1) is 0 Å². The number of nitrogens with one attached hydrogen (secondary N) is 3. The van der Waals surface area contributed by atoms with E-state index in [-0.39, 0.29) is 19.6 Å². The van der Waals surface area contributed by atoms with Crippen LogP contribution in [0.15, 0.2) is 59.5 Å². The van der Waals surface area contributed by atoms with Crippen LogP contribution < -0.4 is 20.7 Å². The van der Waals surface area contributed by atoms with Gasteiger partial charge in [0.25, 0.3) is 0 Å². The van der Waals surface area contributed by atoms with E-state index in [9.17, 15) is 9.59 Å². The normalized spacial score (nSPS) is 11.2. The summed E-state index contributed by atoms with van der Waals surface area (Å²) < 4.78 is 21.7. The predicted molar refractivity (Wildman–Crippen MR) is 145 cm³/mol. The van der Waals surface area contributed by atoms with Gasteiger partial charge in [0.05, 0.1) is 31.5 Å². The number of aromatic nitrogens is 1. The largest absolute Gasteiger partial charge is 0.496 e. The number of unbranched alkanes of at least 4 members (excludes halogenated alkanes) is 1. The van der Waals surface area contributed by atoms with Gasteiger partial charge in [-0.1, -0.05) is 25.5 Å². The molecule has 0 saturated carbocycles. The summed E-state index contributed by atoms with van der Waals surface area (Å²) >= 11 is 0. The number of alkyl carbamates (subject to hydrolysis) is 1. The molecule has 0 fully saturated rings. The van der Waals surface area contributed by atoms with Crippen LogP contribution in [0, 0.1) is 11.3 Å². The summed E-state index contributed by atoms with van der Waals surface area (Å²) in [6, 6.07) is 13.9. The van der Waals surface area contributed by atoms with Crippen molar-refractivity contribution < 1.29 is 28.2 Å². The third kappa shape index (κ3) is 9.68. The first kappa shape index (κ1) is 29.0. The molecule has 206 valence electrons. The molecule has 2 aromatic carbocycles. The number of ether oxygens (including phenoxy) is 3. The Hall–Kier alpha value is -4.56. The van der Waals surface area contributed by atoms with E-state index in [0.717, 1.165) is 18.4 Å². The summed E-state index contributed by atoms with van der Waals surface area (Å²) in [4.78, 5) is 28.8. The molecule has 3 aromatic rings. The van der Waals surface area contributed by atoms with Crippen molar-refractivity contribution in [3.05, 3.63) is 60.6 Å². The number of nitriles is 1. The number of urea groups is 1. The fourth-order valence-corrected chi connectivity index (χ4v) is 3.60. The van der Waals surface area contributed by atoms with Crippen LogP contribution in [0.5, 0.6) is 5.75 Å². The van der Waals surface area contributed by atoms with E-state index in [2.05, 4.69) is 33.9 Å². The van der Waals surface area contributed by atoms with E-state index in [1.165, 1.54) is 13.5 Å². The van der Waals surface area contributed by atoms with Gasteiger partial charge in [-0.2, -0.15) is 5.26 Å². The average molecular weight is 536 g/mol. The summed E-state index contributed by atoms with van der Waals surface area (Å²) in [6.45, 7) is 3.09. The zero-order valence-electron chi connectivity index (χ0n) is 22.1. The fraction of sp³-hybridized carbons (Fsp3) is 0.357. The van der Waals surface area contributed by atoms with Crippen LogP contribution in [0.2, 0.25) is 0 Å². The van der Waals surface area contributed by atoms with Crippen molar-refractivity contribution in [2.24, 2.45) is 0 Å². The van der Waals surface area contributed by atoms with Crippen molar-refractivity contribution in [1.29, 1.82) is 5.26 Å². The summed E-state index contributed by atoms with van der Waals surface area (Å²) in [7, 11) is 1.53. The highest BCUT2D eigenvalue weighted by molar-refractivity contribution is 6.00. The molecule has 3 rings (SSSR count). The van der Waals surface area contributed by atoms with Crippen LogP contribution in [0.1, 0.15) is 38.2 Å². The number of hydrogen-bond donors (Lipinski definition) is 3. The van der Waals surface area contributed by atoms with Gasteiger partial charge in [0, 0.05) is 37.0 Å². The number of oxazole rings is 1. The molecule has 0 aliphatic rings. The van der Waals surface area contributed by atoms with E-state index in [4.69, 9.17) is 23.9 Å². The Balaban J connectivity index is 1.51. The van der Waals surface area contributed by atoms with Gasteiger partial charge in [-0.05, 0) is 42.7 Å². The van der Waals surface area contributed by atoms with E-state index >= 15 is 0 Å². The molecule has 1 atom stereocenters. The lowest BCUT2D eigenvalue weighted by Gasteiger charge is -2.17. The number of carbonyl (C=O) groups excluding carboxylic acids is 2. The minimum absolute atomic E-state index is 0.192. The summed E-state index contributed by atoms with van der Waals surface area (Å²) in [6.07, 6.45) is 4.41. The Morgan fingerprint density at radius 2 is 1.97 bits per heavy atom. The number of hydrogen-bond acceptors (Lipinski definition) is 8. The number of rotatable bonds is 14. The third-order valence-corrected chi connectivity index (χ3v) is 5.58. The topological polar surface area (TPSA) is 148 Å². The van der Waals surface area contributed by atoms with Gasteiger partial charge < -0.3 is 34.6 Å². The Morgan fingerprint density at radius 1 is 1.15 bits per heavy atom. The van der Waals surface area contributed by atoms with Crippen molar-refractivity contribution in [2.45, 2.75) is 45.3 Å². The molecule has 0 aliphatic heterocycles. The number of amides is 3. The predicted octanol–water partition coefficient (Wildman–Crippen LogP) is 5.71. The zero-order chi connectivity index (χ0) is 27.9. The first-order valence-electron chi connectivity index (χ1n) is 12.6. The summed E-state index contributed by atoms with van der Waals surface area (Å²) in [5.41, 5.74) is 2.54. The third-order valence-electron chi connectivity index (χ3n) is 5.58. The molecule has 3 amide bonds. The minimum atomic E-state index is -0.601. The second-order valence-corrected chi connectivity index (χ2v) is 8.57. The van der Waals surface area contributed by atoms with E-state index in [1.807, 2.05) is 6.07 Å². The molecular formula is C28H33N5O6. The van der Waals surface area contributed by atoms with Gasteiger partial charge in [-0.3, -0.25) is 0 Å². The van der Waals surface area contributed by atoms with Crippen LogP contribution in [-0.2, 0) is 16.0 Å². The Bertz CT molecular complexity index is 1240. The quantitative estimate of drug-likeness (QED) is 0.222. The van der Waals surface area contributed by atoms with Gasteiger partial charge >= 0.3 is 12.1 Å². The number of anilines is 2. The molecule has 3 N–H and O–H groups in total. The maximum absolute atomic E-state index is 12.6. The first-order valence-corrected chi connectivity index (χ1v) is 12.6. The molecule has 1 heterocycles. The van der Waals surface area contributed by atoms with Gasteiger partial charge in [0.1, 0.15) is 11.9 Å². The lowest BCUT2D eigenvalue weighted by atomic mass is 10.1. The fourth-order valence-electron chi connectivity index (χ4n) is 3.60. The highest BCUT2D eigenvalue weighted by Crippen LogP contribution is 2.32. The molecule has 11 heteroatoms. The lowest BCUT2D eigenvalue weighted by molar-refractivity contribution is 0.0157. The van der Waals surface area contributed by atoms with Crippen LogP contribution in [0.4, 0.5) is 21.0 Å². The number of methoxy groups -OCH3 is 1. The molecule has 0 spiro atoms. The number of benzene rings is 2. The monoisotopic (exact) mass is 535 g/mol. The number of carbonyl (C=O) groups is 2. The molecular weight excluding hydrogens is 502 g/mol. The Kier molecular flexibility index (Phi) is 11.6.